The Hall–Kier alpha value is -0.900. The highest BCUT2D eigenvalue weighted by Crippen LogP contribution is 1.94. The number of hydrogen-bond acceptors (Lipinski definition) is 3. The Balaban J connectivity index is 0.000000252. The van der Waals surface area contributed by atoms with E-state index in [0.29, 0.717) is 13.2 Å². The molecule has 0 bridgehead atoms. The fourth-order valence-corrected chi connectivity index (χ4v) is 0.705. The molecule has 0 saturated carbocycles. The van der Waals surface area contributed by atoms with E-state index < -0.39 is 0 Å². The summed E-state index contributed by atoms with van der Waals surface area (Å²) in [7, 11) is 1.55. The molecule has 1 aromatic carbocycles. The fraction of sp³-hybridized carbons (Fsp3) is 0.400. The molecule has 74 valence electrons. The molecule has 1 rings (SSSR count). The molecule has 3 nitrogen and oxygen atoms in total. The van der Waals surface area contributed by atoms with E-state index in [1.807, 2.05) is 30.3 Å². The standard InChI is InChI=1S/C7H9N.C3H8O2/c8-6-7-4-2-1-3-5-7;1-5-3-2-4/h1-5H,6,8H2;4H,2-3H2,1H3. The minimum Gasteiger partial charge on any atom is -0.394 e. The van der Waals surface area contributed by atoms with Crippen LogP contribution in [-0.4, -0.2) is 25.4 Å². The number of nitrogens with two attached hydrogens (primary N) is 1. The Morgan fingerprint density at radius 1 is 1.31 bits per heavy atom. The first-order valence-electron chi connectivity index (χ1n) is 4.19. The van der Waals surface area contributed by atoms with Crippen LogP contribution in [0, 0.1) is 0 Å². The zero-order chi connectivity index (χ0) is 9.94. The van der Waals surface area contributed by atoms with E-state index in [9.17, 15) is 0 Å². The van der Waals surface area contributed by atoms with E-state index in [1.165, 1.54) is 5.56 Å². The second kappa shape index (κ2) is 9.19. The molecule has 0 spiro atoms. The third-order valence-electron chi connectivity index (χ3n) is 1.37. The van der Waals surface area contributed by atoms with Crippen molar-refractivity contribution in [1.82, 2.24) is 0 Å². The van der Waals surface area contributed by atoms with Gasteiger partial charge in [-0.05, 0) is 5.56 Å². The van der Waals surface area contributed by atoms with Gasteiger partial charge < -0.3 is 15.6 Å². The Labute approximate surface area is 79.1 Å². The Kier molecular flexibility index (Phi) is 8.55. The number of ether oxygens (including phenoxy) is 1. The van der Waals surface area contributed by atoms with Crippen molar-refractivity contribution < 1.29 is 9.84 Å². The topological polar surface area (TPSA) is 55.5 Å². The predicted octanol–water partition coefficient (Wildman–Crippen LogP) is 0.770. The lowest BCUT2D eigenvalue weighted by molar-refractivity contribution is 0.135. The van der Waals surface area contributed by atoms with Crippen LogP contribution in [0.3, 0.4) is 0 Å². The highest BCUT2D eigenvalue weighted by Gasteiger charge is 1.80. The second-order valence-corrected chi connectivity index (χ2v) is 2.41. The van der Waals surface area contributed by atoms with Gasteiger partial charge in [0.25, 0.3) is 0 Å². The predicted molar refractivity (Wildman–Crippen MR) is 53.3 cm³/mol. The third kappa shape index (κ3) is 7.46. The summed E-state index contributed by atoms with van der Waals surface area (Å²) < 4.78 is 4.44. The van der Waals surface area contributed by atoms with Crippen molar-refractivity contribution in [3.8, 4) is 0 Å². The van der Waals surface area contributed by atoms with Crippen LogP contribution in [0.2, 0.25) is 0 Å². The molecule has 3 heteroatoms. The number of methoxy groups -OCH3 is 1. The molecule has 0 radical (unpaired) electrons. The summed E-state index contributed by atoms with van der Waals surface area (Å²) in [4.78, 5) is 0. The van der Waals surface area contributed by atoms with Crippen LogP contribution in [0.25, 0.3) is 0 Å². The summed E-state index contributed by atoms with van der Waals surface area (Å²) in [5, 5.41) is 7.94. The molecule has 0 atom stereocenters. The molecule has 0 fully saturated rings. The number of aliphatic hydroxyl groups excluding tert-OH is 1. The van der Waals surface area contributed by atoms with Crippen molar-refractivity contribution in [3.05, 3.63) is 35.9 Å². The molecule has 0 heterocycles. The highest BCUT2D eigenvalue weighted by molar-refractivity contribution is 5.13. The largest absolute Gasteiger partial charge is 0.394 e. The molecule has 0 saturated heterocycles. The second-order valence-electron chi connectivity index (χ2n) is 2.41. The van der Waals surface area contributed by atoms with Gasteiger partial charge in [-0.25, -0.2) is 0 Å². The van der Waals surface area contributed by atoms with E-state index in [0.717, 1.165) is 0 Å². The summed E-state index contributed by atoms with van der Waals surface area (Å²) in [6.07, 6.45) is 0. The van der Waals surface area contributed by atoms with Gasteiger partial charge in [-0.3, -0.25) is 0 Å². The van der Waals surface area contributed by atoms with E-state index in [1.54, 1.807) is 7.11 Å². The molecular formula is C10H17NO2. The highest BCUT2D eigenvalue weighted by atomic mass is 16.5. The van der Waals surface area contributed by atoms with Gasteiger partial charge in [0.2, 0.25) is 0 Å². The summed E-state index contributed by atoms with van der Waals surface area (Å²) in [6, 6.07) is 9.99. The van der Waals surface area contributed by atoms with Crippen LogP contribution in [0.5, 0.6) is 0 Å². The summed E-state index contributed by atoms with van der Waals surface area (Å²) in [5.74, 6) is 0. The zero-order valence-electron chi connectivity index (χ0n) is 7.94. The Morgan fingerprint density at radius 2 is 1.92 bits per heavy atom. The molecule has 0 aliphatic carbocycles. The number of hydrogen-bond donors (Lipinski definition) is 2. The first-order chi connectivity index (χ1) is 6.35. The molecule has 0 aromatic heterocycles. The van der Waals surface area contributed by atoms with E-state index >= 15 is 0 Å². The van der Waals surface area contributed by atoms with Crippen LogP contribution < -0.4 is 5.73 Å². The normalized spacial score (nSPS) is 8.85. The van der Waals surface area contributed by atoms with Crippen molar-refractivity contribution in [2.24, 2.45) is 5.73 Å². The first-order valence-corrected chi connectivity index (χ1v) is 4.19. The average molecular weight is 183 g/mol. The smallest absolute Gasteiger partial charge is 0.0693 e. The average Bonchev–Trinajstić information content (AvgIpc) is 2.21. The van der Waals surface area contributed by atoms with Crippen molar-refractivity contribution in [2.45, 2.75) is 6.54 Å². The van der Waals surface area contributed by atoms with Crippen molar-refractivity contribution in [3.63, 3.8) is 0 Å². The SMILES string of the molecule is COCCO.NCc1ccccc1. The molecule has 1 aromatic rings. The maximum Gasteiger partial charge on any atom is 0.0693 e. The third-order valence-corrected chi connectivity index (χ3v) is 1.37. The molecule has 0 amide bonds. The summed E-state index contributed by atoms with van der Waals surface area (Å²) >= 11 is 0. The molecule has 0 unspecified atom stereocenters. The number of rotatable bonds is 3. The van der Waals surface area contributed by atoms with E-state index in [2.05, 4.69) is 4.74 Å². The summed E-state index contributed by atoms with van der Waals surface area (Å²) in [5.41, 5.74) is 6.54. The first kappa shape index (κ1) is 12.1. The lowest BCUT2D eigenvalue weighted by Crippen LogP contribution is -1.94. The van der Waals surface area contributed by atoms with Crippen LogP contribution >= 0.6 is 0 Å². The molecule has 0 aliphatic heterocycles. The maximum atomic E-state index is 7.94. The zero-order valence-corrected chi connectivity index (χ0v) is 7.94. The van der Waals surface area contributed by atoms with Crippen molar-refractivity contribution >= 4 is 0 Å². The van der Waals surface area contributed by atoms with Gasteiger partial charge in [0.1, 0.15) is 0 Å². The van der Waals surface area contributed by atoms with Crippen LogP contribution in [-0.2, 0) is 11.3 Å². The minimum atomic E-state index is 0.122. The Bertz CT molecular complexity index is 187. The summed E-state index contributed by atoms with van der Waals surface area (Å²) in [6.45, 7) is 1.21. The quantitative estimate of drug-likeness (QED) is 0.727. The molecule has 13 heavy (non-hydrogen) atoms. The van der Waals surface area contributed by atoms with Gasteiger partial charge in [-0.2, -0.15) is 0 Å². The fourth-order valence-electron chi connectivity index (χ4n) is 0.705. The molecular weight excluding hydrogens is 166 g/mol. The minimum absolute atomic E-state index is 0.122. The maximum absolute atomic E-state index is 7.94. The van der Waals surface area contributed by atoms with Crippen molar-refractivity contribution in [2.75, 3.05) is 20.3 Å². The number of aliphatic hydroxyl groups is 1. The van der Waals surface area contributed by atoms with E-state index in [-0.39, 0.29) is 6.61 Å². The van der Waals surface area contributed by atoms with Gasteiger partial charge in [0.15, 0.2) is 0 Å². The van der Waals surface area contributed by atoms with Gasteiger partial charge in [-0.1, -0.05) is 30.3 Å². The van der Waals surface area contributed by atoms with Gasteiger partial charge in [0.05, 0.1) is 13.2 Å². The molecule has 3 N–H and O–H groups in total. The Morgan fingerprint density at radius 3 is 2.15 bits per heavy atom. The molecule has 0 aliphatic rings. The van der Waals surface area contributed by atoms with Crippen molar-refractivity contribution in [1.29, 1.82) is 0 Å². The monoisotopic (exact) mass is 183 g/mol. The van der Waals surface area contributed by atoms with Crippen LogP contribution in [0.4, 0.5) is 0 Å². The van der Waals surface area contributed by atoms with Gasteiger partial charge in [0, 0.05) is 13.7 Å². The van der Waals surface area contributed by atoms with Gasteiger partial charge >= 0.3 is 0 Å². The van der Waals surface area contributed by atoms with Gasteiger partial charge in [-0.15, -0.1) is 0 Å². The lowest BCUT2D eigenvalue weighted by Gasteiger charge is -1.90. The van der Waals surface area contributed by atoms with Crippen LogP contribution in [0.15, 0.2) is 30.3 Å². The number of benzene rings is 1. The van der Waals surface area contributed by atoms with E-state index in [4.69, 9.17) is 10.8 Å². The lowest BCUT2D eigenvalue weighted by atomic mass is 10.2. The van der Waals surface area contributed by atoms with Crippen LogP contribution in [0.1, 0.15) is 5.56 Å².